The molecule has 0 fully saturated rings. The molecule has 0 spiro atoms. The van der Waals surface area contributed by atoms with E-state index in [1.54, 1.807) is 0 Å². The number of hydrogen-bond acceptors (Lipinski definition) is 3. The van der Waals surface area contributed by atoms with Crippen molar-refractivity contribution in [2.45, 2.75) is 86.4 Å². The minimum absolute atomic E-state index is 0. The van der Waals surface area contributed by atoms with Crippen molar-refractivity contribution in [1.82, 2.24) is 9.97 Å². The molecular formula is C48H52IrN2SSi-2. The van der Waals surface area contributed by atoms with Crippen molar-refractivity contribution in [2.75, 3.05) is 0 Å². The number of pyridine rings is 2. The smallest absolute Gasteiger partial charge is 0.0799 e. The van der Waals surface area contributed by atoms with Crippen molar-refractivity contribution >= 4 is 44.8 Å². The Hall–Kier alpha value is -3.73. The summed E-state index contributed by atoms with van der Waals surface area (Å²) in [5.41, 5.74) is 11.1. The molecule has 0 N–H and O–H groups in total. The van der Waals surface area contributed by atoms with Crippen LogP contribution in [0.3, 0.4) is 0 Å². The van der Waals surface area contributed by atoms with Crippen LogP contribution in [0.5, 0.6) is 0 Å². The zero-order valence-corrected chi connectivity index (χ0v) is 37.1. The van der Waals surface area contributed by atoms with Gasteiger partial charge in [0.2, 0.25) is 0 Å². The van der Waals surface area contributed by atoms with Crippen molar-refractivity contribution in [3.8, 4) is 33.6 Å². The molecule has 0 aliphatic carbocycles. The third kappa shape index (κ3) is 9.69. The van der Waals surface area contributed by atoms with Crippen molar-refractivity contribution in [3.05, 3.63) is 138 Å². The Kier molecular flexibility index (Phi) is 12.8. The molecule has 0 amide bonds. The molecule has 4 aromatic carbocycles. The Balaban J connectivity index is 0.000000211. The zero-order chi connectivity index (χ0) is 37.2. The van der Waals surface area contributed by atoms with Crippen LogP contribution in [0.4, 0.5) is 0 Å². The van der Waals surface area contributed by atoms with Crippen molar-refractivity contribution in [1.29, 1.82) is 0 Å². The standard InChI is InChI=1S/C28H24NS.C20H28NSi.Ir/c1-28(2,3)18-19-14-15-29-25(16-19)24-11-7-10-23-22-13-12-21(17-26(22)30-27(23)24)20-8-5-4-6-9-20;1-14(2)16-8-10-17(11-9-16)19-12-18(15(3)4)20(13-21-19)22(5,6)7;/h4-10,12-17H,18H2,1-3H3;8-10,12-15H,1-7H3;/q2*-1;. The maximum absolute atomic E-state index is 4.74. The Morgan fingerprint density at radius 1 is 0.736 bits per heavy atom. The molecule has 7 rings (SSSR count). The largest absolute Gasteiger partial charge is 0.305 e. The molecule has 0 bridgehead atoms. The fourth-order valence-corrected chi connectivity index (χ4v) is 9.68. The van der Waals surface area contributed by atoms with Gasteiger partial charge >= 0.3 is 0 Å². The first-order valence-electron chi connectivity index (χ1n) is 18.6. The average molecular weight is 909 g/mol. The third-order valence-electron chi connectivity index (χ3n) is 9.50. The van der Waals surface area contributed by atoms with Crippen molar-refractivity contribution in [3.63, 3.8) is 0 Å². The summed E-state index contributed by atoms with van der Waals surface area (Å²) in [6, 6.07) is 41.5. The number of nitrogens with zero attached hydrogens (tertiary/aromatic N) is 2. The topological polar surface area (TPSA) is 25.8 Å². The van der Waals surface area contributed by atoms with Crippen LogP contribution in [-0.2, 0) is 26.5 Å². The van der Waals surface area contributed by atoms with E-state index in [1.807, 2.05) is 23.6 Å². The predicted octanol–water partition coefficient (Wildman–Crippen LogP) is 13.5. The Bertz CT molecular complexity index is 2290. The van der Waals surface area contributed by atoms with E-state index >= 15 is 0 Å². The fraction of sp³-hybridized carbons (Fsp3) is 0.292. The molecule has 5 heteroatoms. The summed E-state index contributed by atoms with van der Waals surface area (Å²) in [5.74, 6) is 1.07. The Labute approximate surface area is 336 Å². The Morgan fingerprint density at radius 2 is 1.49 bits per heavy atom. The molecule has 275 valence electrons. The first-order chi connectivity index (χ1) is 24.7. The molecule has 0 saturated carbocycles. The SMILES string of the molecule is CC(C)(C)Cc1ccnc(-c2[c-]ccc3c2sc2cc(-c4ccccc4)ccc23)c1.CC(C)c1c[c-]c(-c2cc(C(C)C)c([Si](C)(C)C)cn2)cc1.[Ir]. The molecule has 0 aliphatic heterocycles. The van der Waals surface area contributed by atoms with Gasteiger partial charge in [0, 0.05) is 37.2 Å². The van der Waals surface area contributed by atoms with Gasteiger partial charge in [-0.1, -0.05) is 145 Å². The fourth-order valence-electron chi connectivity index (χ4n) is 6.75. The Morgan fingerprint density at radius 3 is 2.13 bits per heavy atom. The molecule has 0 unspecified atom stereocenters. The van der Waals surface area contributed by atoms with Gasteiger partial charge in [-0.3, -0.25) is 0 Å². The van der Waals surface area contributed by atoms with Crippen LogP contribution in [0.2, 0.25) is 19.6 Å². The van der Waals surface area contributed by atoms with Crippen LogP contribution in [-0.4, -0.2) is 18.0 Å². The van der Waals surface area contributed by atoms with Crippen molar-refractivity contribution in [2.24, 2.45) is 5.41 Å². The summed E-state index contributed by atoms with van der Waals surface area (Å²) in [6.45, 7) is 22.9. The van der Waals surface area contributed by atoms with Crippen LogP contribution >= 0.6 is 11.3 Å². The maximum atomic E-state index is 4.74. The van der Waals surface area contributed by atoms with Crippen LogP contribution in [0.15, 0.2) is 109 Å². The molecule has 0 atom stereocenters. The first kappa shape index (κ1) is 40.5. The van der Waals surface area contributed by atoms with Gasteiger partial charge in [-0.2, -0.15) is 11.3 Å². The van der Waals surface area contributed by atoms with Crippen LogP contribution in [0.1, 0.15) is 77.0 Å². The summed E-state index contributed by atoms with van der Waals surface area (Å²) in [6.07, 6.45) is 5.08. The summed E-state index contributed by atoms with van der Waals surface area (Å²) in [5, 5.41) is 4.06. The quantitative estimate of drug-likeness (QED) is 0.118. The summed E-state index contributed by atoms with van der Waals surface area (Å²) < 4.78 is 2.57. The van der Waals surface area contributed by atoms with Gasteiger partial charge in [-0.05, 0) is 67.7 Å². The maximum Gasteiger partial charge on any atom is 0.0799 e. The third-order valence-corrected chi connectivity index (χ3v) is 12.7. The van der Waals surface area contributed by atoms with Crippen LogP contribution < -0.4 is 5.19 Å². The van der Waals surface area contributed by atoms with Crippen molar-refractivity contribution < 1.29 is 20.1 Å². The van der Waals surface area contributed by atoms with Gasteiger partial charge in [-0.25, -0.2) is 0 Å². The average Bonchev–Trinajstić information content (AvgIpc) is 3.49. The van der Waals surface area contributed by atoms with Gasteiger partial charge in [0.15, 0.2) is 0 Å². The summed E-state index contributed by atoms with van der Waals surface area (Å²) in [7, 11) is -1.36. The number of rotatable bonds is 7. The second-order valence-electron chi connectivity index (χ2n) is 16.8. The molecule has 53 heavy (non-hydrogen) atoms. The number of thiophene rings is 1. The molecule has 0 aliphatic rings. The van der Waals surface area contributed by atoms with Gasteiger partial charge < -0.3 is 9.97 Å². The molecule has 2 nitrogen and oxygen atoms in total. The van der Waals surface area contributed by atoms with E-state index in [2.05, 4.69) is 177 Å². The second kappa shape index (κ2) is 16.7. The molecular weight excluding hydrogens is 857 g/mol. The minimum Gasteiger partial charge on any atom is -0.305 e. The second-order valence-corrected chi connectivity index (χ2v) is 22.9. The molecule has 3 heterocycles. The molecule has 3 aromatic heterocycles. The number of benzene rings is 4. The van der Waals surface area contributed by atoms with E-state index in [1.165, 1.54) is 53.2 Å². The normalized spacial score (nSPS) is 11.8. The van der Waals surface area contributed by atoms with Gasteiger partial charge in [0.25, 0.3) is 0 Å². The van der Waals surface area contributed by atoms with E-state index in [4.69, 9.17) is 9.97 Å². The predicted molar refractivity (Wildman–Crippen MR) is 230 cm³/mol. The first-order valence-corrected chi connectivity index (χ1v) is 22.9. The molecule has 1 radical (unpaired) electrons. The minimum atomic E-state index is -1.36. The van der Waals surface area contributed by atoms with E-state index in [0.717, 1.165) is 28.9 Å². The summed E-state index contributed by atoms with van der Waals surface area (Å²) in [4.78, 5) is 9.44. The van der Waals surface area contributed by atoms with Gasteiger partial charge in [-0.15, -0.1) is 59.2 Å². The molecule has 0 saturated heterocycles. The van der Waals surface area contributed by atoms with Gasteiger partial charge in [0.1, 0.15) is 0 Å². The van der Waals surface area contributed by atoms with Gasteiger partial charge in [0.05, 0.1) is 8.07 Å². The van der Waals surface area contributed by atoms with E-state index < -0.39 is 8.07 Å². The number of hydrogen-bond donors (Lipinski definition) is 0. The number of aromatic nitrogens is 2. The number of fused-ring (bicyclic) bond motifs is 3. The van der Waals surface area contributed by atoms with Crippen LogP contribution in [0.25, 0.3) is 53.8 Å². The van der Waals surface area contributed by atoms with E-state index in [9.17, 15) is 0 Å². The van der Waals surface area contributed by atoms with E-state index in [-0.39, 0.29) is 25.5 Å². The summed E-state index contributed by atoms with van der Waals surface area (Å²) >= 11 is 1.84. The van der Waals surface area contributed by atoms with Crippen LogP contribution in [0, 0.1) is 17.5 Å². The molecule has 7 aromatic rings. The van der Waals surface area contributed by atoms with E-state index in [0.29, 0.717) is 11.8 Å². The monoisotopic (exact) mass is 909 g/mol. The zero-order valence-electron chi connectivity index (χ0n) is 32.9.